The molecule has 0 heterocycles. The number of phenols is 1. The predicted molar refractivity (Wildman–Crippen MR) is 59.8 cm³/mol. The van der Waals surface area contributed by atoms with Crippen LogP contribution in [0.4, 0.5) is 0 Å². The smallest absolute Gasteiger partial charge is 0.332 e. The average Bonchev–Trinajstić information content (AvgIpc) is 2.29. The molecule has 0 aliphatic heterocycles. The summed E-state index contributed by atoms with van der Waals surface area (Å²) in [5, 5.41) is 26.7. The lowest BCUT2D eigenvalue weighted by molar-refractivity contribution is -0.146. The first-order valence-electron chi connectivity index (χ1n) is 4.92. The summed E-state index contributed by atoms with van der Waals surface area (Å²) in [5.41, 5.74) is 0.133. The third-order valence-electron chi connectivity index (χ3n) is 2.08. The van der Waals surface area contributed by atoms with Gasteiger partial charge < -0.3 is 15.3 Å². The van der Waals surface area contributed by atoms with Crippen LogP contribution in [-0.4, -0.2) is 33.2 Å². The number of rotatable bonds is 5. The van der Waals surface area contributed by atoms with Crippen molar-refractivity contribution in [2.45, 2.75) is 12.5 Å². The number of hydrogen-bond donors (Lipinski definition) is 3. The quantitative estimate of drug-likeness (QED) is 0.523. The van der Waals surface area contributed by atoms with Gasteiger partial charge in [0, 0.05) is 6.42 Å². The van der Waals surface area contributed by atoms with Crippen molar-refractivity contribution >= 4 is 11.8 Å². The molecule has 0 amide bonds. The van der Waals surface area contributed by atoms with E-state index in [1.807, 2.05) is 0 Å². The van der Waals surface area contributed by atoms with Crippen molar-refractivity contribution in [3.05, 3.63) is 42.0 Å². The molecule has 90 valence electrons. The molecular formula is C12H12O5. The van der Waals surface area contributed by atoms with E-state index in [9.17, 15) is 14.7 Å². The van der Waals surface area contributed by atoms with Gasteiger partial charge in [-0.2, -0.15) is 0 Å². The van der Waals surface area contributed by atoms with Gasteiger partial charge in [0.05, 0.1) is 5.56 Å². The Labute approximate surface area is 97.6 Å². The van der Waals surface area contributed by atoms with Gasteiger partial charge in [0.2, 0.25) is 0 Å². The fourth-order valence-electron chi connectivity index (χ4n) is 1.18. The molecule has 1 aromatic rings. The van der Waals surface area contributed by atoms with Crippen LogP contribution in [0.5, 0.6) is 5.75 Å². The summed E-state index contributed by atoms with van der Waals surface area (Å²) in [6.45, 7) is 0. The maximum atomic E-state index is 11.5. The van der Waals surface area contributed by atoms with Gasteiger partial charge in [-0.1, -0.05) is 18.2 Å². The molecule has 17 heavy (non-hydrogen) atoms. The van der Waals surface area contributed by atoms with Crippen LogP contribution < -0.4 is 0 Å². The lowest BCUT2D eigenvalue weighted by Gasteiger charge is -2.00. The number of aliphatic hydroxyl groups is 1. The zero-order valence-corrected chi connectivity index (χ0v) is 8.91. The zero-order valence-electron chi connectivity index (χ0n) is 8.91. The van der Waals surface area contributed by atoms with Crippen molar-refractivity contribution in [1.82, 2.24) is 0 Å². The van der Waals surface area contributed by atoms with Gasteiger partial charge in [0.1, 0.15) is 5.75 Å². The lowest BCUT2D eigenvalue weighted by atomic mass is 10.1. The first kappa shape index (κ1) is 12.9. The highest BCUT2D eigenvalue weighted by Crippen LogP contribution is 2.16. The van der Waals surface area contributed by atoms with E-state index in [4.69, 9.17) is 10.2 Å². The summed E-state index contributed by atoms with van der Waals surface area (Å²) in [7, 11) is 0. The van der Waals surface area contributed by atoms with Crippen molar-refractivity contribution in [1.29, 1.82) is 0 Å². The Bertz CT molecular complexity index is 450. The van der Waals surface area contributed by atoms with E-state index in [1.54, 1.807) is 12.1 Å². The number of phenolic OH excluding ortho intramolecular Hbond substituents is 1. The number of carbonyl (C=O) groups excluding carboxylic acids is 1. The van der Waals surface area contributed by atoms with E-state index >= 15 is 0 Å². The molecule has 0 fully saturated rings. The summed E-state index contributed by atoms with van der Waals surface area (Å²) in [4.78, 5) is 21.8. The van der Waals surface area contributed by atoms with Crippen molar-refractivity contribution < 1.29 is 24.9 Å². The van der Waals surface area contributed by atoms with E-state index in [1.165, 1.54) is 18.2 Å². The van der Waals surface area contributed by atoms with E-state index in [2.05, 4.69) is 0 Å². The van der Waals surface area contributed by atoms with Gasteiger partial charge in [0.15, 0.2) is 11.9 Å². The minimum Gasteiger partial charge on any atom is -0.507 e. The number of carboxylic acid groups (broad SMARTS) is 1. The lowest BCUT2D eigenvalue weighted by Crippen LogP contribution is -2.18. The van der Waals surface area contributed by atoms with E-state index < -0.39 is 17.9 Å². The number of carboxylic acids is 1. The fourth-order valence-corrected chi connectivity index (χ4v) is 1.18. The molecule has 0 bridgehead atoms. The molecule has 0 saturated carbocycles. The molecule has 0 aliphatic rings. The molecule has 5 heteroatoms. The van der Waals surface area contributed by atoms with Crippen molar-refractivity contribution in [3.63, 3.8) is 0 Å². The average molecular weight is 236 g/mol. The number of hydrogen-bond acceptors (Lipinski definition) is 4. The van der Waals surface area contributed by atoms with Gasteiger partial charge in [-0.05, 0) is 18.2 Å². The maximum Gasteiger partial charge on any atom is 0.332 e. The number of ketones is 1. The summed E-state index contributed by atoms with van der Waals surface area (Å²) in [6.07, 6.45) is 0.701. The van der Waals surface area contributed by atoms with E-state index in [0.717, 1.165) is 6.08 Å². The van der Waals surface area contributed by atoms with Crippen LogP contribution in [0.15, 0.2) is 36.4 Å². The zero-order chi connectivity index (χ0) is 12.8. The second-order valence-corrected chi connectivity index (χ2v) is 3.37. The molecule has 3 N–H and O–H groups in total. The Morgan fingerprint density at radius 3 is 2.53 bits per heavy atom. The molecule has 0 saturated heterocycles. The third kappa shape index (κ3) is 3.73. The predicted octanol–water partition coefficient (Wildman–Crippen LogP) is 0.967. The van der Waals surface area contributed by atoms with E-state index in [-0.39, 0.29) is 17.7 Å². The van der Waals surface area contributed by atoms with Gasteiger partial charge in [-0.3, -0.25) is 4.79 Å². The topological polar surface area (TPSA) is 94.8 Å². The Kier molecular flexibility index (Phi) is 4.42. The van der Waals surface area contributed by atoms with Gasteiger partial charge in [-0.15, -0.1) is 0 Å². The molecule has 1 unspecified atom stereocenters. The van der Waals surface area contributed by atoms with Crippen LogP contribution in [0.1, 0.15) is 16.8 Å². The molecule has 5 nitrogen and oxygen atoms in total. The van der Waals surface area contributed by atoms with Crippen molar-refractivity contribution in [3.8, 4) is 5.75 Å². The van der Waals surface area contributed by atoms with E-state index in [0.29, 0.717) is 0 Å². The molecule has 1 atom stereocenters. The first-order valence-corrected chi connectivity index (χ1v) is 4.92. The molecule has 1 aromatic carbocycles. The van der Waals surface area contributed by atoms with Crippen LogP contribution in [0, 0.1) is 0 Å². The van der Waals surface area contributed by atoms with Crippen LogP contribution in [0.3, 0.4) is 0 Å². The Morgan fingerprint density at radius 1 is 1.29 bits per heavy atom. The first-order chi connectivity index (χ1) is 8.02. The molecule has 0 radical (unpaired) electrons. The molecule has 0 aromatic heterocycles. The fraction of sp³-hybridized carbons (Fsp3) is 0.167. The summed E-state index contributed by atoms with van der Waals surface area (Å²) >= 11 is 0. The van der Waals surface area contributed by atoms with Crippen LogP contribution in [0.2, 0.25) is 0 Å². The largest absolute Gasteiger partial charge is 0.507 e. The van der Waals surface area contributed by atoms with Gasteiger partial charge >= 0.3 is 5.97 Å². The standard InChI is InChI=1S/C12H12O5/c13-9-5-2-1-4-8(9)10(14)6-3-7-11(15)12(16)17/h1-6,11,13,15H,7H2,(H,16,17). The third-order valence-corrected chi connectivity index (χ3v) is 2.08. The van der Waals surface area contributed by atoms with Crippen molar-refractivity contribution in [2.24, 2.45) is 0 Å². The number of allylic oxidation sites excluding steroid dienone is 1. The Balaban J connectivity index is 2.64. The number of aliphatic hydroxyl groups excluding tert-OH is 1. The normalized spacial score (nSPS) is 12.5. The van der Waals surface area contributed by atoms with Crippen LogP contribution >= 0.6 is 0 Å². The SMILES string of the molecule is O=C(C=CCC(O)C(=O)O)c1ccccc1O. The molecule has 0 aliphatic carbocycles. The highest BCUT2D eigenvalue weighted by atomic mass is 16.4. The Hall–Kier alpha value is -2.14. The summed E-state index contributed by atoms with van der Waals surface area (Å²) in [6, 6.07) is 6.03. The van der Waals surface area contributed by atoms with Gasteiger partial charge in [0.25, 0.3) is 0 Å². The number of para-hydroxylation sites is 1. The number of benzene rings is 1. The minimum absolute atomic E-state index is 0.133. The molecular weight excluding hydrogens is 224 g/mol. The maximum absolute atomic E-state index is 11.5. The minimum atomic E-state index is -1.52. The number of carbonyl (C=O) groups is 2. The van der Waals surface area contributed by atoms with Crippen LogP contribution in [0.25, 0.3) is 0 Å². The number of aromatic hydroxyl groups is 1. The monoisotopic (exact) mass is 236 g/mol. The van der Waals surface area contributed by atoms with Gasteiger partial charge in [-0.25, -0.2) is 4.79 Å². The summed E-state index contributed by atoms with van der Waals surface area (Å²) < 4.78 is 0. The second-order valence-electron chi connectivity index (χ2n) is 3.37. The Morgan fingerprint density at radius 2 is 1.94 bits per heavy atom. The number of aliphatic carboxylic acids is 1. The highest BCUT2D eigenvalue weighted by Gasteiger charge is 2.11. The summed E-state index contributed by atoms with van der Waals surface area (Å²) in [5.74, 6) is -1.92. The van der Waals surface area contributed by atoms with Crippen LogP contribution in [-0.2, 0) is 4.79 Å². The second kappa shape index (κ2) is 5.81. The van der Waals surface area contributed by atoms with Crippen molar-refractivity contribution in [2.75, 3.05) is 0 Å². The molecule has 1 rings (SSSR count). The molecule has 0 spiro atoms. The highest BCUT2D eigenvalue weighted by molar-refractivity contribution is 6.06.